The lowest BCUT2D eigenvalue weighted by molar-refractivity contribution is 0.330. The van der Waals surface area contributed by atoms with E-state index in [4.69, 9.17) is 18.5 Å². The minimum Gasteiger partial charge on any atom is -0.511 e. The molecule has 0 atom stereocenters. The van der Waals surface area contributed by atoms with E-state index in [0.717, 1.165) is 0 Å². The lowest BCUT2D eigenvalue weighted by Crippen LogP contribution is -1.90. The Bertz CT molecular complexity index is 41.0. The van der Waals surface area contributed by atoms with Crippen LogP contribution in [0.15, 0.2) is 0 Å². The maximum Gasteiger partial charge on any atom is 0.761 e. The van der Waals surface area contributed by atoms with Crippen LogP contribution in [0.3, 0.4) is 0 Å². The van der Waals surface area contributed by atoms with E-state index in [1.807, 2.05) is 0 Å². The minimum atomic E-state index is -3.13. The highest BCUT2D eigenvalue weighted by Gasteiger charge is 1.85. The molecule has 0 amide bonds. The molecule has 0 aliphatic carbocycles. The highest BCUT2D eigenvalue weighted by molar-refractivity contribution is 6.92. The second-order valence-electron chi connectivity index (χ2n) is 0.283. The first-order valence-electron chi connectivity index (χ1n) is 0.855. The van der Waals surface area contributed by atoms with Crippen LogP contribution in [0.1, 0.15) is 0 Å². The van der Waals surface area contributed by atoms with Crippen molar-refractivity contribution >= 4 is 29.2 Å². The van der Waals surface area contributed by atoms with Crippen molar-refractivity contribution in [2.24, 2.45) is 0 Å². The fourth-order valence-corrected chi connectivity index (χ4v) is 0. The van der Waals surface area contributed by atoms with E-state index in [9.17, 15) is 0 Å². The van der Waals surface area contributed by atoms with Crippen molar-refractivity contribution in [3.63, 3.8) is 0 Å². The molecule has 5 radical (unpaired) electrons. The van der Waals surface area contributed by atoms with Gasteiger partial charge in [0.1, 0.15) is 0 Å². The summed E-state index contributed by atoms with van der Waals surface area (Å²) in [5, 5.41) is 0. The molecule has 2 N–H and O–H groups in total. The zero-order chi connectivity index (χ0) is 5.58. The molecule has 0 aliphatic heterocycles. The largest absolute Gasteiger partial charge is 0.761 e. The Morgan fingerprint density at radius 3 is 1.29 bits per heavy atom. The van der Waals surface area contributed by atoms with Gasteiger partial charge < -0.3 is 14.1 Å². The molecule has 7 heavy (non-hydrogen) atoms. The second-order valence-corrected chi connectivity index (χ2v) is 0.848. The number of hydrogen-bond acceptors (Lipinski definition) is 2. The van der Waals surface area contributed by atoms with Crippen LogP contribution in [0.4, 0.5) is 0 Å². The molecule has 0 saturated carbocycles. The minimum absolute atomic E-state index is 0. The monoisotopic (exact) mass is 153 g/mol. The molecule has 7 heteroatoms. The van der Waals surface area contributed by atoms with Gasteiger partial charge in [0.25, 0.3) is 0 Å². The molecule has 0 rings (SSSR count). The predicted molar refractivity (Wildman–Crippen MR) is 24.2 cm³/mol. The van der Waals surface area contributed by atoms with Crippen LogP contribution in [0.5, 0.6) is 0 Å². The van der Waals surface area contributed by atoms with Crippen LogP contribution >= 0.6 is 9.90 Å². The summed E-state index contributed by atoms with van der Waals surface area (Å²) in [6, 6.07) is 0. The summed E-state index contributed by atoms with van der Waals surface area (Å²) in [5.74, 6) is 0. The standard InChI is InChI=1S/H2O3Si.OSi.P/c1-4(2)3;1-2;/h1-2H;;. The highest BCUT2D eigenvalue weighted by Crippen LogP contribution is 1.27. The first kappa shape index (κ1) is 15.7. The molecule has 0 aromatic rings. The quantitative estimate of drug-likeness (QED) is 0.337. The summed E-state index contributed by atoms with van der Waals surface area (Å²) in [4.78, 5) is 14.3. The Balaban J connectivity index is -0.0000000480. The lowest BCUT2D eigenvalue weighted by atomic mass is 15.8. The smallest absolute Gasteiger partial charge is 0.511 e. The van der Waals surface area contributed by atoms with Gasteiger partial charge in [-0.25, -0.2) is 0 Å². The molecule has 0 spiro atoms. The van der Waals surface area contributed by atoms with Gasteiger partial charge in [-0.1, -0.05) is 0 Å². The fraction of sp³-hybridized carbons (Fsp3) is 0. The summed E-state index contributed by atoms with van der Waals surface area (Å²) in [5.41, 5.74) is 0. The van der Waals surface area contributed by atoms with Gasteiger partial charge >= 0.3 is 19.3 Å². The molecule has 0 saturated heterocycles. The van der Waals surface area contributed by atoms with E-state index in [0.29, 0.717) is 0 Å². The zero-order valence-electron chi connectivity index (χ0n) is 3.16. The Morgan fingerprint density at radius 1 is 1.29 bits per heavy atom. The third-order valence-electron chi connectivity index (χ3n) is 0. The summed E-state index contributed by atoms with van der Waals surface area (Å²) >= 11 is 0. The van der Waals surface area contributed by atoms with E-state index >= 15 is 0 Å². The average Bonchev–Trinajstić information content (AvgIpc) is 1.41. The predicted octanol–water partition coefficient (Wildman–Crippen LogP) is -1.25. The van der Waals surface area contributed by atoms with Gasteiger partial charge in [0.05, 0.1) is 0 Å². The van der Waals surface area contributed by atoms with Gasteiger partial charge in [0, 0.05) is 9.90 Å². The van der Waals surface area contributed by atoms with E-state index in [1.165, 1.54) is 0 Å². The van der Waals surface area contributed by atoms with Gasteiger partial charge in [0.2, 0.25) is 0 Å². The zero-order valence-corrected chi connectivity index (χ0v) is 6.05. The first-order valence-corrected chi connectivity index (χ1v) is 2.57. The van der Waals surface area contributed by atoms with Crippen molar-refractivity contribution in [3.8, 4) is 0 Å². The summed E-state index contributed by atoms with van der Waals surface area (Å²) in [6.07, 6.45) is 0. The normalized spacial score (nSPS) is 4.00. The highest BCUT2D eigenvalue weighted by atomic mass is 31.0. The third kappa shape index (κ3) is 24600. The molecular formula is H2O4PSi2. The van der Waals surface area contributed by atoms with Gasteiger partial charge in [0.15, 0.2) is 0 Å². The Labute approximate surface area is 48.6 Å². The van der Waals surface area contributed by atoms with Crippen molar-refractivity contribution in [3.05, 3.63) is 0 Å². The molecule has 0 aliphatic rings. The van der Waals surface area contributed by atoms with Crippen molar-refractivity contribution in [1.29, 1.82) is 0 Å². The molecule has 0 aromatic carbocycles. The van der Waals surface area contributed by atoms with Crippen LogP contribution in [-0.2, 0) is 8.92 Å². The molecular weight excluding hydrogens is 151 g/mol. The van der Waals surface area contributed by atoms with Crippen LogP contribution in [0.25, 0.3) is 0 Å². The maximum absolute atomic E-state index is 8.74. The Kier molecular flexibility index (Phi) is 37.2. The summed E-state index contributed by atoms with van der Waals surface area (Å²) in [7, 11) is -1.41. The molecule has 0 heterocycles. The van der Waals surface area contributed by atoms with Crippen molar-refractivity contribution < 1.29 is 18.5 Å². The molecule has 0 aromatic heterocycles. The van der Waals surface area contributed by atoms with Crippen LogP contribution < -0.4 is 0 Å². The number of rotatable bonds is 0. The summed E-state index contributed by atoms with van der Waals surface area (Å²) in [6.45, 7) is 0. The van der Waals surface area contributed by atoms with Gasteiger partial charge in [-0.15, -0.1) is 0 Å². The lowest BCUT2D eigenvalue weighted by Gasteiger charge is -1.55. The summed E-state index contributed by atoms with van der Waals surface area (Å²) < 4.78 is 16.8. The molecule has 39 valence electrons. The van der Waals surface area contributed by atoms with Gasteiger partial charge in [-0.3, -0.25) is 4.46 Å². The van der Waals surface area contributed by atoms with Crippen molar-refractivity contribution in [1.82, 2.24) is 0 Å². The van der Waals surface area contributed by atoms with E-state index < -0.39 is 9.17 Å². The molecule has 0 fully saturated rings. The topological polar surface area (TPSA) is 74.6 Å². The molecule has 4 nitrogen and oxygen atoms in total. The number of hydrogen-bond donors (Lipinski definition) is 2. The SMILES string of the molecule is O=[Si].O=[Si](O)O.[P]. The Hall–Kier alpha value is 0.0638. The molecule has 0 bridgehead atoms. The van der Waals surface area contributed by atoms with Gasteiger partial charge in [-0.2, -0.15) is 0 Å². The van der Waals surface area contributed by atoms with Crippen molar-refractivity contribution in [2.75, 3.05) is 0 Å². The van der Waals surface area contributed by atoms with E-state index in [-0.39, 0.29) is 9.90 Å². The Morgan fingerprint density at radius 2 is 1.29 bits per heavy atom. The third-order valence-corrected chi connectivity index (χ3v) is 0. The maximum atomic E-state index is 8.74. The van der Waals surface area contributed by atoms with Crippen LogP contribution in [0.2, 0.25) is 0 Å². The first-order chi connectivity index (χ1) is 2.73. The van der Waals surface area contributed by atoms with E-state index in [2.05, 4.69) is 0 Å². The van der Waals surface area contributed by atoms with Gasteiger partial charge in [-0.05, 0) is 0 Å². The van der Waals surface area contributed by atoms with E-state index in [1.54, 1.807) is 10.1 Å². The average molecular weight is 153 g/mol. The molecule has 0 unspecified atom stereocenters. The van der Waals surface area contributed by atoms with Crippen molar-refractivity contribution in [2.45, 2.75) is 0 Å². The fourth-order valence-electron chi connectivity index (χ4n) is 0. The van der Waals surface area contributed by atoms with Crippen LogP contribution in [0, 0.1) is 0 Å². The van der Waals surface area contributed by atoms with Crippen LogP contribution in [-0.4, -0.2) is 28.9 Å². The second kappa shape index (κ2) is 16.6.